The van der Waals surface area contributed by atoms with E-state index in [0.29, 0.717) is 11.3 Å². The normalized spacial score (nSPS) is 15.4. The molecule has 0 atom stereocenters. The summed E-state index contributed by atoms with van der Waals surface area (Å²) >= 11 is 0. The summed E-state index contributed by atoms with van der Waals surface area (Å²) in [7, 11) is 0.966. The molecule has 1 saturated heterocycles. The minimum absolute atomic E-state index is 0.0516. The number of amides is 1. The first kappa shape index (κ1) is 22.2. The fourth-order valence-corrected chi connectivity index (χ4v) is 4.34. The number of hydrogen-bond donors (Lipinski definition) is 1. The van der Waals surface area contributed by atoms with Gasteiger partial charge >= 0.3 is 0 Å². The van der Waals surface area contributed by atoms with Gasteiger partial charge in [-0.25, -0.2) is 8.42 Å². The number of piperazine rings is 1. The fourth-order valence-electron chi connectivity index (χ4n) is 3.36. The molecule has 0 radical (unpaired) electrons. The van der Waals surface area contributed by atoms with Crippen LogP contribution in [-0.2, 0) is 14.9 Å². The Morgan fingerprint density at radius 2 is 1.70 bits per heavy atom. The van der Waals surface area contributed by atoms with E-state index in [-0.39, 0.29) is 10.8 Å². The lowest BCUT2D eigenvalue weighted by atomic mass is 10.1. The molecule has 9 heteroatoms. The van der Waals surface area contributed by atoms with Gasteiger partial charge in [0.25, 0.3) is 15.9 Å². The van der Waals surface area contributed by atoms with Gasteiger partial charge in [0.2, 0.25) is 0 Å². The molecule has 0 saturated carbocycles. The van der Waals surface area contributed by atoms with E-state index in [4.69, 9.17) is 4.84 Å². The molecule has 0 aliphatic carbocycles. The molecule has 3 rings (SSSR count). The molecule has 0 aromatic heterocycles. The summed E-state index contributed by atoms with van der Waals surface area (Å²) in [6.07, 6.45) is 0. The third-order valence-electron chi connectivity index (χ3n) is 5.31. The number of carbonyl (C=O) groups is 1. The van der Waals surface area contributed by atoms with Gasteiger partial charge in [0.05, 0.1) is 12.0 Å². The molecule has 2 aromatic rings. The molecule has 0 bridgehead atoms. The summed E-state index contributed by atoms with van der Waals surface area (Å²) in [5.41, 5.74) is 3.35. The van der Waals surface area contributed by atoms with Crippen LogP contribution in [0.3, 0.4) is 0 Å². The predicted molar refractivity (Wildman–Crippen MR) is 117 cm³/mol. The number of nitrogens with one attached hydrogen (secondary N) is 1. The Labute approximate surface area is 178 Å². The molecule has 1 aliphatic heterocycles. The molecule has 162 valence electrons. The van der Waals surface area contributed by atoms with Crippen LogP contribution in [-0.4, -0.2) is 71.1 Å². The first-order valence-corrected chi connectivity index (χ1v) is 11.1. The minimum atomic E-state index is -3.74. The van der Waals surface area contributed by atoms with Crippen molar-refractivity contribution in [2.75, 3.05) is 57.6 Å². The number of anilines is 2. The number of benzene rings is 2. The maximum atomic E-state index is 12.6. The first-order chi connectivity index (χ1) is 14.2. The smallest absolute Gasteiger partial charge is 0.264 e. The zero-order valence-corrected chi connectivity index (χ0v) is 18.6. The van der Waals surface area contributed by atoms with Crippen LogP contribution in [0.4, 0.5) is 11.4 Å². The van der Waals surface area contributed by atoms with E-state index in [1.807, 2.05) is 25.1 Å². The highest BCUT2D eigenvalue weighted by Gasteiger charge is 2.21. The monoisotopic (exact) mass is 432 g/mol. The highest BCUT2D eigenvalue weighted by Crippen LogP contribution is 2.25. The van der Waals surface area contributed by atoms with Gasteiger partial charge in [0, 0.05) is 50.2 Å². The average molecular weight is 433 g/mol. The van der Waals surface area contributed by atoms with Crippen molar-refractivity contribution in [3.63, 3.8) is 0 Å². The standard InChI is InChI=1S/C21H28N4O4S/c1-16-15-18(7-10-20(16)25-13-11-23(2)12-14-25)22-21(26)17-5-8-19(9-6-17)30(27,28)24(3)29-4/h5-10,15H,11-14H2,1-4H3,(H,22,26). The van der Waals surface area contributed by atoms with Crippen LogP contribution in [0.1, 0.15) is 15.9 Å². The van der Waals surface area contributed by atoms with E-state index >= 15 is 0 Å². The zero-order valence-electron chi connectivity index (χ0n) is 17.8. The maximum Gasteiger partial charge on any atom is 0.264 e. The summed E-state index contributed by atoms with van der Waals surface area (Å²) in [5, 5.41) is 2.88. The van der Waals surface area contributed by atoms with E-state index in [1.54, 1.807) is 0 Å². The van der Waals surface area contributed by atoms with Gasteiger partial charge in [-0.1, -0.05) is 4.47 Å². The largest absolute Gasteiger partial charge is 0.369 e. The Morgan fingerprint density at radius 3 is 2.27 bits per heavy atom. The van der Waals surface area contributed by atoms with Crippen LogP contribution in [0.15, 0.2) is 47.4 Å². The van der Waals surface area contributed by atoms with Gasteiger partial charge in [-0.3, -0.25) is 9.63 Å². The average Bonchev–Trinajstić information content (AvgIpc) is 2.74. The van der Waals surface area contributed by atoms with Gasteiger partial charge in [-0.15, -0.1) is 0 Å². The summed E-state index contributed by atoms with van der Waals surface area (Å²) in [6.45, 7) is 6.07. The van der Waals surface area contributed by atoms with Crippen LogP contribution >= 0.6 is 0 Å². The van der Waals surface area contributed by atoms with Crippen LogP contribution in [0.5, 0.6) is 0 Å². The summed E-state index contributed by atoms with van der Waals surface area (Å²) < 4.78 is 25.3. The molecule has 2 aromatic carbocycles. The molecule has 30 heavy (non-hydrogen) atoms. The Balaban J connectivity index is 1.69. The fraction of sp³-hybridized carbons (Fsp3) is 0.381. The molecule has 1 heterocycles. The van der Waals surface area contributed by atoms with Crippen LogP contribution < -0.4 is 10.2 Å². The van der Waals surface area contributed by atoms with Gasteiger partial charge in [-0.2, -0.15) is 0 Å². The van der Waals surface area contributed by atoms with Crippen LogP contribution in [0.2, 0.25) is 0 Å². The number of nitrogens with zero attached hydrogens (tertiary/aromatic N) is 3. The lowest BCUT2D eigenvalue weighted by Crippen LogP contribution is -2.44. The SMILES string of the molecule is CON(C)S(=O)(=O)c1ccc(C(=O)Nc2ccc(N3CCN(C)CC3)c(C)c2)cc1. The predicted octanol–water partition coefficient (Wildman–Crippen LogP) is 2.18. The van der Waals surface area contributed by atoms with E-state index in [2.05, 4.69) is 22.2 Å². The van der Waals surface area contributed by atoms with Crippen molar-refractivity contribution < 1.29 is 18.0 Å². The van der Waals surface area contributed by atoms with Gasteiger partial charge < -0.3 is 15.1 Å². The topological polar surface area (TPSA) is 82.2 Å². The molecule has 1 N–H and O–H groups in total. The number of likely N-dealkylation sites (N-methyl/N-ethyl adjacent to an activating group) is 1. The highest BCUT2D eigenvalue weighted by molar-refractivity contribution is 7.89. The lowest BCUT2D eigenvalue weighted by molar-refractivity contribution is -0.0258. The summed E-state index contributed by atoms with van der Waals surface area (Å²) in [5.74, 6) is -0.300. The number of rotatable bonds is 6. The number of hydroxylamine groups is 1. The third-order valence-corrected chi connectivity index (χ3v) is 7.00. The molecule has 1 aliphatic rings. The van der Waals surface area contributed by atoms with Crippen molar-refractivity contribution >= 4 is 27.3 Å². The quantitative estimate of drug-likeness (QED) is 0.705. The van der Waals surface area contributed by atoms with Gasteiger partial charge in [0.15, 0.2) is 0 Å². The third kappa shape index (κ3) is 4.81. The minimum Gasteiger partial charge on any atom is -0.369 e. The van der Waals surface area contributed by atoms with Crippen LogP contribution in [0.25, 0.3) is 0 Å². The molecule has 0 spiro atoms. The molecule has 8 nitrogen and oxygen atoms in total. The molecule has 1 fully saturated rings. The van der Waals surface area contributed by atoms with Crippen molar-refractivity contribution in [2.45, 2.75) is 11.8 Å². The van der Waals surface area contributed by atoms with E-state index in [9.17, 15) is 13.2 Å². The van der Waals surface area contributed by atoms with Crippen molar-refractivity contribution in [1.82, 2.24) is 9.37 Å². The molecule has 0 unspecified atom stereocenters. The second kappa shape index (κ2) is 9.13. The second-order valence-corrected chi connectivity index (χ2v) is 9.30. The molecular formula is C21H28N4O4S. The highest BCUT2D eigenvalue weighted by atomic mass is 32.2. The molecular weight excluding hydrogens is 404 g/mol. The van der Waals surface area contributed by atoms with Gasteiger partial charge in [-0.05, 0) is 62.0 Å². The van der Waals surface area contributed by atoms with Crippen molar-refractivity contribution in [1.29, 1.82) is 0 Å². The maximum absolute atomic E-state index is 12.6. The zero-order chi connectivity index (χ0) is 21.9. The number of carbonyl (C=O) groups excluding carboxylic acids is 1. The number of aryl methyl sites for hydroxylation is 1. The van der Waals surface area contributed by atoms with Crippen molar-refractivity contribution in [2.24, 2.45) is 0 Å². The second-order valence-electron chi connectivity index (χ2n) is 7.37. The molecule has 1 amide bonds. The van der Waals surface area contributed by atoms with Gasteiger partial charge in [0.1, 0.15) is 0 Å². The number of hydrogen-bond acceptors (Lipinski definition) is 6. The Kier molecular flexibility index (Phi) is 6.77. The Bertz CT molecular complexity index is 1000. The van der Waals surface area contributed by atoms with E-state index in [0.717, 1.165) is 36.2 Å². The van der Waals surface area contributed by atoms with Crippen molar-refractivity contribution in [3.8, 4) is 0 Å². The van der Waals surface area contributed by atoms with Crippen molar-refractivity contribution in [3.05, 3.63) is 53.6 Å². The Morgan fingerprint density at radius 1 is 1.07 bits per heavy atom. The summed E-state index contributed by atoms with van der Waals surface area (Å²) in [6, 6.07) is 11.6. The lowest BCUT2D eigenvalue weighted by Gasteiger charge is -2.35. The van der Waals surface area contributed by atoms with E-state index in [1.165, 1.54) is 44.1 Å². The summed E-state index contributed by atoms with van der Waals surface area (Å²) in [4.78, 5) is 22.1. The van der Waals surface area contributed by atoms with E-state index < -0.39 is 10.0 Å². The number of sulfonamides is 1. The first-order valence-electron chi connectivity index (χ1n) is 9.71. The van der Waals surface area contributed by atoms with Crippen LogP contribution in [0, 0.1) is 6.92 Å². The Hall–Kier alpha value is -2.46.